The minimum absolute atomic E-state index is 0.139. The van der Waals surface area contributed by atoms with Crippen LogP contribution in [0.15, 0.2) is 36.7 Å². The number of alkyl halides is 3. The van der Waals surface area contributed by atoms with Gasteiger partial charge in [0.1, 0.15) is 5.82 Å². The fraction of sp³-hybridized carbons (Fsp3) is 0.333. The van der Waals surface area contributed by atoms with Gasteiger partial charge >= 0.3 is 12.2 Å². The van der Waals surface area contributed by atoms with Crippen LogP contribution in [0, 0.1) is 0 Å². The molecule has 1 saturated heterocycles. The van der Waals surface area contributed by atoms with Crippen LogP contribution in [-0.2, 0) is 6.18 Å². The first-order valence-corrected chi connectivity index (χ1v) is 7.19. The van der Waals surface area contributed by atoms with Gasteiger partial charge < -0.3 is 15.2 Å². The maximum absolute atomic E-state index is 12.5. The summed E-state index contributed by atoms with van der Waals surface area (Å²) in [4.78, 5) is 21.2. The van der Waals surface area contributed by atoms with E-state index in [-0.39, 0.29) is 12.1 Å². The van der Waals surface area contributed by atoms with Crippen molar-refractivity contribution in [2.45, 2.75) is 25.1 Å². The summed E-state index contributed by atoms with van der Waals surface area (Å²) in [5.74, 6) is 0.713. The number of nitrogens with zero attached hydrogens (tertiary/aromatic N) is 2. The average molecular weight is 324 g/mol. The van der Waals surface area contributed by atoms with E-state index in [1.807, 2.05) is 0 Å². The molecule has 122 valence electrons. The number of likely N-dealkylation sites (tertiary alicyclic amines) is 1. The van der Waals surface area contributed by atoms with Crippen LogP contribution in [0.2, 0.25) is 0 Å². The van der Waals surface area contributed by atoms with Crippen molar-refractivity contribution in [3.05, 3.63) is 48.0 Å². The maximum atomic E-state index is 12.5. The third kappa shape index (κ3) is 3.30. The van der Waals surface area contributed by atoms with E-state index in [1.54, 1.807) is 17.3 Å². The van der Waals surface area contributed by atoms with Crippen LogP contribution in [0.25, 0.3) is 0 Å². The summed E-state index contributed by atoms with van der Waals surface area (Å²) in [6.45, 7) is 0.581. The predicted octanol–water partition coefficient (Wildman–Crippen LogP) is 3.80. The molecule has 0 saturated carbocycles. The summed E-state index contributed by atoms with van der Waals surface area (Å²) in [5, 5.41) is 2.63. The lowest BCUT2D eigenvalue weighted by molar-refractivity contribution is -0.137. The number of anilines is 1. The number of hydrogen-bond acceptors (Lipinski definition) is 2. The number of aromatic amines is 1. The molecular formula is C15H15F3N4O. The van der Waals surface area contributed by atoms with Crippen LogP contribution in [0.1, 0.15) is 30.3 Å². The highest BCUT2D eigenvalue weighted by Crippen LogP contribution is 2.31. The van der Waals surface area contributed by atoms with Gasteiger partial charge in [-0.15, -0.1) is 0 Å². The lowest BCUT2D eigenvalue weighted by Crippen LogP contribution is -2.34. The standard InChI is InChI=1S/C15H15F3N4O/c16-15(17,18)10-3-5-11(6-4-10)21-14(23)22-9-1-2-12(22)13-19-7-8-20-13/h3-8,12H,1-2,9H2,(H,19,20)(H,21,23)/t12-/m1/s1. The number of benzene rings is 1. The Labute approximate surface area is 130 Å². The first kappa shape index (κ1) is 15.4. The van der Waals surface area contributed by atoms with Crippen molar-refractivity contribution in [2.24, 2.45) is 0 Å². The third-order valence-corrected chi connectivity index (χ3v) is 3.81. The number of carbonyl (C=O) groups excluding carboxylic acids is 1. The van der Waals surface area contributed by atoms with E-state index < -0.39 is 11.7 Å². The van der Waals surface area contributed by atoms with Crippen molar-refractivity contribution in [3.63, 3.8) is 0 Å². The number of nitrogens with one attached hydrogen (secondary N) is 2. The fourth-order valence-electron chi connectivity index (χ4n) is 2.69. The van der Waals surface area contributed by atoms with Crippen molar-refractivity contribution < 1.29 is 18.0 Å². The van der Waals surface area contributed by atoms with Gasteiger partial charge in [-0.05, 0) is 37.1 Å². The molecule has 0 unspecified atom stereocenters. The minimum atomic E-state index is -4.39. The Hall–Kier alpha value is -2.51. The zero-order valence-electron chi connectivity index (χ0n) is 12.1. The summed E-state index contributed by atoms with van der Waals surface area (Å²) in [6.07, 6.45) is 0.584. The summed E-state index contributed by atoms with van der Waals surface area (Å²) in [5.41, 5.74) is -0.418. The molecule has 2 N–H and O–H groups in total. The number of rotatable bonds is 2. The molecule has 1 aromatic carbocycles. The minimum Gasteiger partial charge on any atom is -0.347 e. The van der Waals surface area contributed by atoms with E-state index in [0.29, 0.717) is 18.1 Å². The predicted molar refractivity (Wildman–Crippen MR) is 77.7 cm³/mol. The first-order valence-electron chi connectivity index (χ1n) is 7.19. The SMILES string of the molecule is O=C(Nc1ccc(C(F)(F)F)cc1)N1CCC[C@@H]1c1ncc[nH]1. The molecule has 8 heteroatoms. The quantitative estimate of drug-likeness (QED) is 0.883. The van der Waals surface area contributed by atoms with Gasteiger partial charge in [0.25, 0.3) is 0 Å². The summed E-state index contributed by atoms with van der Waals surface area (Å²) in [6, 6.07) is 3.91. The molecule has 2 heterocycles. The van der Waals surface area contributed by atoms with E-state index in [1.165, 1.54) is 12.1 Å². The highest BCUT2D eigenvalue weighted by Gasteiger charge is 2.32. The molecule has 1 atom stereocenters. The number of hydrogen-bond donors (Lipinski definition) is 2. The first-order chi connectivity index (χ1) is 10.9. The molecule has 3 rings (SSSR count). The van der Waals surface area contributed by atoms with Gasteiger partial charge in [0.15, 0.2) is 0 Å². The monoisotopic (exact) mass is 324 g/mol. The molecule has 2 aromatic rings. The van der Waals surface area contributed by atoms with Crippen molar-refractivity contribution in [1.29, 1.82) is 0 Å². The number of H-pyrrole nitrogens is 1. The van der Waals surface area contributed by atoms with Gasteiger partial charge in [0, 0.05) is 24.6 Å². The molecule has 2 amide bonds. The van der Waals surface area contributed by atoms with E-state index >= 15 is 0 Å². The molecule has 0 radical (unpaired) electrons. The largest absolute Gasteiger partial charge is 0.416 e. The molecule has 5 nitrogen and oxygen atoms in total. The zero-order valence-corrected chi connectivity index (χ0v) is 12.1. The number of amides is 2. The fourth-order valence-corrected chi connectivity index (χ4v) is 2.69. The maximum Gasteiger partial charge on any atom is 0.416 e. The Morgan fingerprint density at radius 2 is 2.04 bits per heavy atom. The van der Waals surface area contributed by atoms with Gasteiger partial charge in [0.05, 0.1) is 11.6 Å². The van der Waals surface area contributed by atoms with Crippen LogP contribution in [-0.4, -0.2) is 27.4 Å². The molecule has 23 heavy (non-hydrogen) atoms. The second-order valence-electron chi connectivity index (χ2n) is 5.33. The van der Waals surface area contributed by atoms with Crippen molar-refractivity contribution in [2.75, 3.05) is 11.9 Å². The molecule has 0 spiro atoms. The Morgan fingerprint density at radius 1 is 1.30 bits per heavy atom. The number of halogens is 3. The molecule has 1 aliphatic rings. The van der Waals surface area contributed by atoms with Gasteiger partial charge in [-0.2, -0.15) is 13.2 Å². The number of aromatic nitrogens is 2. The molecule has 1 fully saturated rings. The Kier molecular flexibility index (Phi) is 3.97. The van der Waals surface area contributed by atoms with Crippen LogP contribution >= 0.6 is 0 Å². The summed E-state index contributed by atoms with van der Waals surface area (Å²) in [7, 11) is 0. The lowest BCUT2D eigenvalue weighted by Gasteiger charge is -2.23. The van der Waals surface area contributed by atoms with E-state index in [2.05, 4.69) is 15.3 Å². The number of carbonyl (C=O) groups is 1. The molecule has 1 aliphatic heterocycles. The van der Waals surface area contributed by atoms with E-state index in [9.17, 15) is 18.0 Å². The molecular weight excluding hydrogens is 309 g/mol. The molecule has 0 aliphatic carbocycles. The molecule has 0 bridgehead atoms. The van der Waals surface area contributed by atoms with E-state index in [0.717, 1.165) is 25.0 Å². The molecule has 1 aromatic heterocycles. The van der Waals surface area contributed by atoms with Crippen molar-refractivity contribution in [3.8, 4) is 0 Å². The van der Waals surface area contributed by atoms with Crippen molar-refractivity contribution in [1.82, 2.24) is 14.9 Å². The third-order valence-electron chi connectivity index (χ3n) is 3.81. The summed E-state index contributed by atoms with van der Waals surface area (Å²) < 4.78 is 37.6. The Bertz CT molecular complexity index is 667. The van der Waals surface area contributed by atoms with Gasteiger partial charge in [-0.25, -0.2) is 9.78 Å². The Morgan fingerprint density at radius 3 is 2.65 bits per heavy atom. The van der Waals surface area contributed by atoms with Crippen LogP contribution in [0.4, 0.5) is 23.7 Å². The van der Waals surface area contributed by atoms with Crippen LogP contribution in [0.5, 0.6) is 0 Å². The number of urea groups is 1. The Balaban J connectivity index is 1.69. The van der Waals surface area contributed by atoms with Crippen LogP contribution < -0.4 is 5.32 Å². The van der Waals surface area contributed by atoms with Crippen LogP contribution in [0.3, 0.4) is 0 Å². The average Bonchev–Trinajstić information content (AvgIpc) is 3.17. The second kappa shape index (κ2) is 5.94. The lowest BCUT2D eigenvalue weighted by atomic mass is 10.2. The topological polar surface area (TPSA) is 61.0 Å². The highest BCUT2D eigenvalue weighted by molar-refractivity contribution is 5.89. The van der Waals surface area contributed by atoms with E-state index in [4.69, 9.17) is 0 Å². The van der Waals surface area contributed by atoms with Gasteiger partial charge in [0.2, 0.25) is 0 Å². The second-order valence-corrected chi connectivity index (χ2v) is 5.33. The highest BCUT2D eigenvalue weighted by atomic mass is 19.4. The summed E-state index contributed by atoms with van der Waals surface area (Å²) >= 11 is 0. The van der Waals surface area contributed by atoms with Crippen molar-refractivity contribution >= 4 is 11.7 Å². The normalized spacial score (nSPS) is 18.2. The van der Waals surface area contributed by atoms with Gasteiger partial charge in [-0.1, -0.05) is 0 Å². The van der Waals surface area contributed by atoms with Gasteiger partial charge in [-0.3, -0.25) is 0 Å². The number of imidazole rings is 1. The zero-order chi connectivity index (χ0) is 16.4. The smallest absolute Gasteiger partial charge is 0.347 e.